The van der Waals surface area contributed by atoms with Gasteiger partial charge in [-0.2, -0.15) is 5.11 Å². The van der Waals surface area contributed by atoms with Crippen molar-refractivity contribution in [2.75, 3.05) is 19.6 Å². The Balaban J connectivity index is 1.78. The Hall–Kier alpha value is -1.98. The van der Waals surface area contributed by atoms with Crippen LogP contribution in [0.4, 0.5) is 0 Å². The van der Waals surface area contributed by atoms with Crippen LogP contribution in [-0.2, 0) is 9.59 Å². The highest BCUT2D eigenvalue weighted by molar-refractivity contribution is 6.00. The molecule has 4 aliphatic rings. The van der Waals surface area contributed by atoms with Crippen molar-refractivity contribution in [1.82, 2.24) is 10.2 Å². The molecule has 3 aliphatic heterocycles. The SMILES string of the molecule is CC(=O)N1CCC2(CC1)C1=C(N=NC1)NC1=C2C(=O)CC(C)(C)C1. The molecule has 0 bridgehead atoms. The number of dihydropyridines is 1. The highest BCUT2D eigenvalue weighted by atomic mass is 16.2. The standard InChI is InChI=1S/C18H24N4O2/c1-11(23)22-6-4-18(5-7-22)12-10-19-21-16(12)20-13-8-17(2,3)9-14(24)15(13)18/h20H,4-10H2,1-3H3. The first kappa shape index (κ1) is 15.5. The minimum atomic E-state index is -0.279. The zero-order chi connectivity index (χ0) is 17.1. The largest absolute Gasteiger partial charge is 0.343 e. The van der Waals surface area contributed by atoms with Gasteiger partial charge in [0.15, 0.2) is 11.6 Å². The van der Waals surface area contributed by atoms with Gasteiger partial charge in [0, 0.05) is 48.7 Å². The lowest BCUT2D eigenvalue weighted by Gasteiger charge is -2.49. The van der Waals surface area contributed by atoms with Gasteiger partial charge in [-0.05, 0) is 24.7 Å². The van der Waals surface area contributed by atoms with E-state index in [2.05, 4.69) is 29.4 Å². The number of azo groups is 1. The van der Waals surface area contributed by atoms with Crippen molar-refractivity contribution in [3.05, 3.63) is 22.7 Å². The van der Waals surface area contributed by atoms with Gasteiger partial charge in [0.25, 0.3) is 0 Å². The van der Waals surface area contributed by atoms with Gasteiger partial charge in [-0.3, -0.25) is 9.59 Å². The van der Waals surface area contributed by atoms with Crippen LogP contribution in [0.5, 0.6) is 0 Å². The molecule has 1 saturated heterocycles. The Kier molecular flexibility index (Phi) is 3.24. The highest BCUT2D eigenvalue weighted by Crippen LogP contribution is 2.54. The first-order valence-corrected chi connectivity index (χ1v) is 8.73. The van der Waals surface area contributed by atoms with E-state index in [1.54, 1.807) is 6.92 Å². The van der Waals surface area contributed by atoms with Crippen molar-refractivity contribution in [2.24, 2.45) is 21.1 Å². The number of hydrogen-bond acceptors (Lipinski definition) is 5. The van der Waals surface area contributed by atoms with Gasteiger partial charge in [-0.25, -0.2) is 0 Å². The molecule has 0 radical (unpaired) electrons. The maximum absolute atomic E-state index is 13.1. The molecule has 128 valence electrons. The Morgan fingerprint density at radius 3 is 2.58 bits per heavy atom. The lowest BCUT2D eigenvalue weighted by molar-refractivity contribution is -0.130. The van der Waals surface area contributed by atoms with Crippen molar-refractivity contribution in [3.8, 4) is 0 Å². The summed E-state index contributed by atoms with van der Waals surface area (Å²) in [5.41, 5.74) is 2.83. The number of allylic oxidation sites excluding steroid dienone is 2. The third-order valence-corrected chi connectivity index (χ3v) is 5.95. The molecule has 1 amide bonds. The minimum Gasteiger partial charge on any atom is -0.343 e. The van der Waals surface area contributed by atoms with Gasteiger partial charge in [0.05, 0.1) is 6.54 Å². The summed E-state index contributed by atoms with van der Waals surface area (Å²) in [6.45, 7) is 7.85. The maximum Gasteiger partial charge on any atom is 0.219 e. The van der Waals surface area contributed by atoms with Gasteiger partial charge < -0.3 is 10.2 Å². The van der Waals surface area contributed by atoms with Gasteiger partial charge in [0.2, 0.25) is 5.91 Å². The monoisotopic (exact) mass is 328 g/mol. The predicted molar refractivity (Wildman–Crippen MR) is 88.9 cm³/mol. The van der Waals surface area contributed by atoms with Crippen molar-refractivity contribution in [1.29, 1.82) is 0 Å². The number of likely N-dealkylation sites (tertiary alicyclic amines) is 1. The number of amides is 1. The molecule has 4 rings (SSSR count). The number of piperidine rings is 1. The molecule has 0 aromatic carbocycles. The van der Waals surface area contributed by atoms with Crippen LogP contribution < -0.4 is 5.32 Å². The molecule has 6 nitrogen and oxygen atoms in total. The second kappa shape index (κ2) is 5.01. The summed E-state index contributed by atoms with van der Waals surface area (Å²) in [5, 5.41) is 11.9. The summed E-state index contributed by atoms with van der Waals surface area (Å²) >= 11 is 0. The normalized spacial score (nSPS) is 27.3. The number of rotatable bonds is 0. The van der Waals surface area contributed by atoms with Gasteiger partial charge in [-0.1, -0.05) is 13.8 Å². The number of fused-ring (bicyclic) bond motifs is 2. The fourth-order valence-corrected chi connectivity index (χ4v) is 4.82. The molecule has 1 N–H and O–H groups in total. The van der Waals surface area contributed by atoms with Gasteiger partial charge in [-0.15, -0.1) is 5.11 Å². The number of carbonyl (C=O) groups is 2. The van der Waals surface area contributed by atoms with E-state index in [1.807, 2.05) is 4.90 Å². The first-order chi connectivity index (χ1) is 11.3. The van der Waals surface area contributed by atoms with Crippen molar-refractivity contribution in [2.45, 2.75) is 46.5 Å². The van der Waals surface area contributed by atoms with E-state index >= 15 is 0 Å². The van der Waals surface area contributed by atoms with E-state index in [-0.39, 0.29) is 22.5 Å². The molecule has 1 fully saturated rings. The second-order valence-corrected chi connectivity index (χ2v) is 8.23. The summed E-state index contributed by atoms with van der Waals surface area (Å²) in [6, 6.07) is 0. The number of Topliss-reactive ketones (excluding diaryl/α,β-unsaturated/α-hetero) is 1. The lowest BCUT2D eigenvalue weighted by Crippen LogP contribution is -2.50. The molecule has 3 heterocycles. The predicted octanol–water partition coefficient (Wildman–Crippen LogP) is 2.54. The zero-order valence-electron chi connectivity index (χ0n) is 14.6. The van der Waals surface area contributed by atoms with E-state index in [4.69, 9.17) is 0 Å². The molecule has 1 spiro atoms. The smallest absolute Gasteiger partial charge is 0.219 e. The third kappa shape index (κ3) is 2.15. The Labute approximate surface area is 142 Å². The molecule has 0 aromatic heterocycles. The van der Waals surface area contributed by atoms with Crippen LogP contribution in [0.3, 0.4) is 0 Å². The van der Waals surface area contributed by atoms with Gasteiger partial charge >= 0.3 is 0 Å². The number of nitrogens with one attached hydrogen (secondary N) is 1. The highest BCUT2D eigenvalue weighted by Gasteiger charge is 2.52. The molecule has 0 saturated carbocycles. The number of nitrogens with zero attached hydrogens (tertiary/aromatic N) is 3. The summed E-state index contributed by atoms with van der Waals surface area (Å²) in [6.07, 6.45) is 3.04. The van der Waals surface area contributed by atoms with Crippen molar-refractivity contribution in [3.63, 3.8) is 0 Å². The van der Waals surface area contributed by atoms with E-state index in [0.29, 0.717) is 26.1 Å². The second-order valence-electron chi connectivity index (χ2n) is 8.23. The summed E-state index contributed by atoms with van der Waals surface area (Å²) in [7, 11) is 0. The van der Waals surface area contributed by atoms with Crippen LogP contribution in [0, 0.1) is 10.8 Å². The lowest BCUT2D eigenvalue weighted by atomic mass is 9.60. The van der Waals surface area contributed by atoms with E-state index in [0.717, 1.165) is 41.9 Å². The number of ketones is 1. The molecular weight excluding hydrogens is 304 g/mol. The van der Waals surface area contributed by atoms with E-state index < -0.39 is 0 Å². The maximum atomic E-state index is 13.1. The van der Waals surface area contributed by atoms with E-state index in [1.165, 1.54) is 0 Å². The zero-order valence-corrected chi connectivity index (χ0v) is 14.6. The Bertz CT molecular complexity index is 721. The molecule has 0 atom stereocenters. The van der Waals surface area contributed by atoms with Crippen molar-refractivity contribution < 1.29 is 9.59 Å². The van der Waals surface area contributed by atoms with Crippen LogP contribution in [0.1, 0.15) is 46.5 Å². The van der Waals surface area contributed by atoms with Crippen LogP contribution in [-0.4, -0.2) is 36.2 Å². The summed E-state index contributed by atoms with van der Waals surface area (Å²) in [4.78, 5) is 26.7. The topological polar surface area (TPSA) is 74.1 Å². The molecule has 0 aromatic rings. The average molecular weight is 328 g/mol. The van der Waals surface area contributed by atoms with Crippen LogP contribution >= 0.6 is 0 Å². The van der Waals surface area contributed by atoms with Crippen molar-refractivity contribution >= 4 is 11.7 Å². The third-order valence-electron chi connectivity index (χ3n) is 5.95. The number of carbonyl (C=O) groups excluding carboxylic acids is 2. The number of hydrogen-bond donors (Lipinski definition) is 1. The molecule has 24 heavy (non-hydrogen) atoms. The Morgan fingerprint density at radius 1 is 1.21 bits per heavy atom. The minimum absolute atomic E-state index is 0.0298. The van der Waals surface area contributed by atoms with Crippen LogP contribution in [0.15, 0.2) is 32.9 Å². The van der Waals surface area contributed by atoms with Crippen LogP contribution in [0.25, 0.3) is 0 Å². The molecule has 0 unspecified atom stereocenters. The molecular formula is C18H24N4O2. The fraction of sp³-hybridized carbons (Fsp3) is 0.667. The molecule has 1 aliphatic carbocycles. The van der Waals surface area contributed by atoms with E-state index in [9.17, 15) is 9.59 Å². The fourth-order valence-electron chi connectivity index (χ4n) is 4.82. The van der Waals surface area contributed by atoms with Gasteiger partial charge in [0.1, 0.15) is 0 Å². The Morgan fingerprint density at radius 2 is 1.92 bits per heavy atom. The summed E-state index contributed by atoms with van der Waals surface area (Å²) < 4.78 is 0. The first-order valence-electron chi connectivity index (χ1n) is 8.73. The quantitative estimate of drug-likeness (QED) is 0.742. The summed E-state index contributed by atoms with van der Waals surface area (Å²) in [5.74, 6) is 1.21. The molecule has 6 heteroatoms. The van der Waals surface area contributed by atoms with Crippen LogP contribution in [0.2, 0.25) is 0 Å². The average Bonchev–Trinajstić information content (AvgIpc) is 2.95.